The highest BCUT2D eigenvalue weighted by Gasteiger charge is 2.09. The molecule has 2 N–H and O–H groups in total. The molecule has 1 aromatic carbocycles. The maximum atomic E-state index is 11.9. The predicted molar refractivity (Wildman–Crippen MR) is 90.2 cm³/mol. The van der Waals surface area contributed by atoms with E-state index in [9.17, 15) is 4.79 Å². The number of hydrogen-bond donors (Lipinski definition) is 2. The summed E-state index contributed by atoms with van der Waals surface area (Å²) in [6.45, 7) is 6.34. The monoisotopic (exact) mass is 313 g/mol. The molecule has 23 heavy (non-hydrogen) atoms. The molecule has 0 spiro atoms. The summed E-state index contributed by atoms with van der Waals surface area (Å²) in [6, 6.07) is 13.0. The maximum Gasteiger partial charge on any atom is 0.315 e. The van der Waals surface area contributed by atoms with Crippen LogP contribution in [-0.2, 0) is 6.54 Å². The summed E-state index contributed by atoms with van der Waals surface area (Å²) in [5.41, 5.74) is 1.85. The second-order valence-electron chi connectivity index (χ2n) is 5.61. The van der Waals surface area contributed by atoms with Crippen molar-refractivity contribution in [3.63, 3.8) is 0 Å². The van der Waals surface area contributed by atoms with Gasteiger partial charge in [0.05, 0.1) is 17.8 Å². The molecule has 2 aromatic rings. The van der Waals surface area contributed by atoms with Crippen molar-refractivity contribution in [3.8, 4) is 5.75 Å². The van der Waals surface area contributed by atoms with Gasteiger partial charge in [-0.15, -0.1) is 0 Å². The van der Waals surface area contributed by atoms with Gasteiger partial charge >= 0.3 is 6.03 Å². The highest BCUT2D eigenvalue weighted by molar-refractivity contribution is 5.74. The van der Waals surface area contributed by atoms with Gasteiger partial charge in [-0.2, -0.15) is 0 Å². The second kappa shape index (κ2) is 8.17. The second-order valence-corrected chi connectivity index (χ2v) is 5.61. The van der Waals surface area contributed by atoms with E-state index in [-0.39, 0.29) is 18.2 Å². The third kappa shape index (κ3) is 5.62. The zero-order valence-corrected chi connectivity index (χ0v) is 13.7. The topological polar surface area (TPSA) is 63.2 Å². The van der Waals surface area contributed by atoms with Gasteiger partial charge in [-0.25, -0.2) is 4.79 Å². The Hall–Kier alpha value is -2.56. The number of ether oxygens (including phenoxy) is 1. The summed E-state index contributed by atoms with van der Waals surface area (Å²) in [4.78, 5) is 16.2. The highest BCUT2D eigenvalue weighted by Crippen LogP contribution is 2.13. The van der Waals surface area contributed by atoms with Gasteiger partial charge in [0.25, 0.3) is 0 Å². The zero-order chi connectivity index (χ0) is 16.7. The van der Waals surface area contributed by atoms with Gasteiger partial charge in [-0.3, -0.25) is 4.98 Å². The van der Waals surface area contributed by atoms with E-state index in [0.717, 1.165) is 17.0 Å². The third-order valence-corrected chi connectivity index (χ3v) is 3.23. The third-order valence-electron chi connectivity index (χ3n) is 3.23. The summed E-state index contributed by atoms with van der Waals surface area (Å²) in [5, 5.41) is 5.71. The lowest BCUT2D eigenvalue weighted by atomic mass is 10.2. The van der Waals surface area contributed by atoms with Crippen molar-refractivity contribution in [2.24, 2.45) is 0 Å². The van der Waals surface area contributed by atoms with Crippen molar-refractivity contribution >= 4 is 6.03 Å². The first-order valence-corrected chi connectivity index (χ1v) is 7.75. The molecular formula is C18H23N3O2. The minimum atomic E-state index is -0.217. The Morgan fingerprint density at radius 3 is 2.48 bits per heavy atom. The van der Waals surface area contributed by atoms with Crippen LogP contribution in [0.3, 0.4) is 0 Å². The van der Waals surface area contributed by atoms with Gasteiger partial charge in [0, 0.05) is 12.7 Å². The number of aromatic nitrogens is 1. The van der Waals surface area contributed by atoms with E-state index in [1.807, 2.05) is 63.2 Å². The normalized spacial score (nSPS) is 11.8. The zero-order valence-electron chi connectivity index (χ0n) is 13.7. The Morgan fingerprint density at radius 2 is 1.87 bits per heavy atom. The van der Waals surface area contributed by atoms with Gasteiger partial charge in [0.15, 0.2) is 0 Å². The highest BCUT2D eigenvalue weighted by atomic mass is 16.5. The van der Waals surface area contributed by atoms with Crippen molar-refractivity contribution in [1.29, 1.82) is 0 Å². The number of hydrogen-bond acceptors (Lipinski definition) is 3. The van der Waals surface area contributed by atoms with E-state index < -0.39 is 0 Å². The van der Waals surface area contributed by atoms with Crippen LogP contribution in [0.4, 0.5) is 4.79 Å². The molecule has 2 rings (SSSR count). The molecular weight excluding hydrogens is 290 g/mol. The van der Waals surface area contributed by atoms with Crippen LogP contribution in [0.2, 0.25) is 0 Å². The number of carbonyl (C=O) groups is 1. The van der Waals surface area contributed by atoms with E-state index in [4.69, 9.17) is 4.74 Å². The number of pyridine rings is 1. The lowest BCUT2D eigenvalue weighted by molar-refractivity contribution is 0.237. The fourth-order valence-corrected chi connectivity index (χ4v) is 2.09. The minimum absolute atomic E-state index is 0.141. The first-order valence-electron chi connectivity index (χ1n) is 7.75. The number of nitrogens with one attached hydrogen (secondary N) is 2. The van der Waals surface area contributed by atoms with Gasteiger partial charge in [0.1, 0.15) is 5.75 Å². The SMILES string of the molecule is CC(C)Oc1ccc(CNC(=O)N[C@@H](C)c2ccccn2)cc1. The first-order chi connectivity index (χ1) is 11.0. The minimum Gasteiger partial charge on any atom is -0.491 e. The van der Waals surface area contributed by atoms with Crippen molar-refractivity contribution in [2.75, 3.05) is 0 Å². The molecule has 0 radical (unpaired) electrons. The van der Waals surface area contributed by atoms with Crippen molar-refractivity contribution in [3.05, 3.63) is 59.9 Å². The van der Waals surface area contributed by atoms with E-state index in [2.05, 4.69) is 15.6 Å². The van der Waals surface area contributed by atoms with E-state index in [1.54, 1.807) is 6.20 Å². The predicted octanol–water partition coefficient (Wildman–Crippen LogP) is 3.43. The van der Waals surface area contributed by atoms with Crippen molar-refractivity contribution < 1.29 is 9.53 Å². The molecule has 5 heteroatoms. The number of nitrogens with zero attached hydrogens (tertiary/aromatic N) is 1. The van der Waals surface area contributed by atoms with Crippen molar-refractivity contribution in [2.45, 2.75) is 39.5 Å². The molecule has 0 saturated heterocycles. The van der Waals surface area contributed by atoms with Crippen LogP contribution < -0.4 is 15.4 Å². The molecule has 1 atom stereocenters. The van der Waals surface area contributed by atoms with E-state index in [0.29, 0.717) is 6.54 Å². The van der Waals surface area contributed by atoms with Gasteiger partial charge in [-0.05, 0) is 50.6 Å². The van der Waals surface area contributed by atoms with Crippen LogP contribution in [0.15, 0.2) is 48.7 Å². The molecule has 1 heterocycles. The molecule has 5 nitrogen and oxygen atoms in total. The van der Waals surface area contributed by atoms with Crippen LogP contribution in [0.25, 0.3) is 0 Å². The molecule has 0 bridgehead atoms. The average molecular weight is 313 g/mol. The largest absolute Gasteiger partial charge is 0.491 e. The molecule has 2 amide bonds. The van der Waals surface area contributed by atoms with E-state index in [1.165, 1.54) is 0 Å². The van der Waals surface area contributed by atoms with Crippen LogP contribution >= 0.6 is 0 Å². The standard InChI is InChI=1S/C18H23N3O2/c1-13(2)23-16-9-7-15(8-10-16)12-20-18(22)21-14(3)17-6-4-5-11-19-17/h4-11,13-14H,12H2,1-3H3,(H2,20,21,22)/t14-/m0/s1. The average Bonchev–Trinajstić information content (AvgIpc) is 2.54. The van der Waals surface area contributed by atoms with E-state index >= 15 is 0 Å². The quantitative estimate of drug-likeness (QED) is 0.859. The molecule has 122 valence electrons. The molecule has 0 aliphatic rings. The molecule has 0 saturated carbocycles. The Bertz CT molecular complexity index is 612. The smallest absolute Gasteiger partial charge is 0.315 e. The molecule has 0 aliphatic heterocycles. The molecule has 1 aromatic heterocycles. The number of carbonyl (C=O) groups excluding carboxylic acids is 1. The molecule has 0 aliphatic carbocycles. The Balaban J connectivity index is 1.80. The maximum absolute atomic E-state index is 11.9. The lowest BCUT2D eigenvalue weighted by Crippen LogP contribution is -2.36. The summed E-state index contributed by atoms with van der Waals surface area (Å²) in [5.74, 6) is 0.831. The van der Waals surface area contributed by atoms with Crippen LogP contribution in [-0.4, -0.2) is 17.1 Å². The van der Waals surface area contributed by atoms with Gasteiger partial charge < -0.3 is 15.4 Å². The van der Waals surface area contributed by atoms with Crippen LogP contribution in [0.1, 0.15) is 38.1 Å². The lowest BCUT2D eigenvalue weighted by Gasteiger charge is -2.14. The van der Waals surface area contributed by atoms with Crippen molar-refractivity contribution in [1.82, 2.24) is 15.6 Å². The summed E-state index contributed by atoms with van der Waals surface area (Å²) in [7, 11) is 0. The van der Waals surface area contributed by atoms with Gasteiger partial charge in [-0.1, -0.05) is 18.2 Å². The first kappa shape index (κ1) is 16.8. The van der Waals surface area contributed by atoms with Crippen LogP contribution in [0, 0.1) is 0 Å². The number of benzene rings is 1. The fraction of sp³-hybridized carbons (Fsp3) is 0.333. The molecule has 0 fully saturated rings. The molecule has 0 unspecified atom stereocenters. The summed E-state index contributed by atoms with van der Waals surface area (Å²) >= 11 is 0. The fourth-order valence-electron chi connectivity index (χ4n) is 2.09. The van der Waals surface area contributed by atoms with Gasteiger partial charge in [0.2, 0.25) is 0 Å². The Morgan fingerprint density at radius 1 is 1.13 bits per heavy atom. The Kier molecular flexibility index (Phi) is 5.97. The number of urea groups is 1. The number of rotatable bonds is 6. The van der Waals surface area contributed by atoms with Crippen LogP contribution in [0.5, 0.6) is 5.75 Å². The number of amides is 2. The Labute approximate surface area is 137 Å². The summed E-state index contributed by atoms with van der Waals surface area (Å²) in [6.07, 6.45) is 1.87. The summed E-state index contributed by atoms with van der Waals surface area (Å²) < 4.78 is 5.59.